The first-order chi connectivity index (χ1) is 6.35. The molecule has 0 fully saturated rings. The van der Waals surface area contributed by atoms with Gasteiger partial charge in [-0.25, -0.2) is 0 Å². The third-order valence-electron chi connectivity index (χ3n) is 1.96. The summed E-state index contributed by atoms with van der Waals surface area (Å²) in [5, 5.41) is 0. The van der Waals surface area contributed by atoms with Crippen molar-refractivity contribution in [3.8, 4) is 0 Å². The van der Waals surface area contributed by atoms with E-state index in [0.717, 1.165) is 19.3 Å². The van der Waals surface area contributed by atoms with Crippen molar-refractivity contribution < 1.29 is 9.16 Å². The van der Waals surface area contributed by atoms with Crippen molar-refractivity contribution in [1.29, 1.82) is 0 Å². The van der Waals surface area contributed by atoms with Gasteiger partial charge in [-0.2, -0.15) is 0 Å². The molecule has 0 spiro atoms. The highest BCUT2D eigenvalue weighted by atomic mass is 28.2. The maximum Gasteiger partial charge on any atom is 0.163 e. The molecule has 13 heavy (non-hydrogen) atoms. The summed E-state index contributed by atoms with van der Waals surface area (Å²) >= 11 is 0. The molecule has 0 aliphatic rings. The van der Waals surface area contributed by atoms with Crippen LogP contribution in [0.1, 0.15) is 19.8 Å². The number of methoxy groups -OCH3 is 1. The zero-order chi connectivity index (χ0) is 9.94. The van der Waals surface area contributed by atoms with Gasteiger partial charge in [-0.3, -0.25) is 0 Å². The molecule has 0 N–H and O–H groups in total. The third-order valence-corrected chi connectivity index (χ3v) is 3.06. The number of rotatable bonds is 9. The molecule has 2 nitrogen and oxygen atoms in total. The number of hydrogen-bond donors (Lipinski definition) is 0. The van der Waals surface area contributed by atoms with Gasteiger partial charge in [0.1, 0.15) is 0 Å². The first-order valence-electron chi connectivity index (χ1n) is 5.04. The normalized spacial score (nSPS) is 13.7. The Hall–Kier alpha value is -0.123. The third kappa shape index (κ3) is 8.21. The summed E-state index contributed by atoms with van der Waals surface area (Å²) in [6.07, 6.45) is 4.41. The Morgan fingerprint density at radius 1 is 1.54 bits per heavy atom. The van der Waals surface area contributed by atoms with Crippen molar-refractivity contribution in [2.75, 3.05) is 20.3 Å². The molecule has 0 aromatic heterocycles. The molecular weight excluding hydrogens is 180 g/mol. The van der Waals surface area contributed by atoms with Crippen molar-refractivity contribution >= 4 is 9.76 Å². The van der Waals surface area contributed by atoms with E-state index in [0.29, 0.717) is 5.92 Å². The predicted molar refractivity (Wildman–Crippen MR) is 59.8 cm³/mol. The maximum absolute atomic E-state index is 5.63. The quantitative estimate of drug-likeness (QED) is 0.322. The summed E-state index contributed by atoms with van der Waals surface area (Å²) in [7, 11) is 1.39. The van der Waals surface area contributed by atoms with Crippen molar-refractivity contribution in [2.24, 2.45) is 5.92 Å². The van der Waals surface area contributed by atoms with E-state index < -0.39 is 0 Å². The van der Waals surface area contributed by atoms with Crippen LogP contribution in [0.25, 0.3) is 0 Å². The van der Waals surface area contributed by atoms with Gasteiger partial charge < -0.3 is 9.16 Å². The van der Waals surface area contributed by atoms with Crippen LogP contribution < -0.4 is 0 Å². The van der Waals surface area contributed by atoms with Crippen LogP contribution in [0.15, 0.2) is 12.7 Å². The van der Waals surface area contributed by atoms with E-state index in [2.05, 4.69) is 13.5 Å². The van der Waals surface area contributed by atoms with E-state index in [4.69, 9.17) is 9.16 Å². The Labute approximate surface area is 84.3 Å². The van der Waals surface area contributed by atoms with Crippen LogP contribution in [0, 0.1) is 5.92 Å². The Bertz CT molecular complexity index is 117. The second kappa shape index (κ2) is 9.96. The van der Waals surface area contributed by atoms with Crippen molar-refractivity contribution in [3.63, 3.8) is 0 Å². The molecule has 0 bridgehead atoms. The second-order valence-corrected chi connectivity index (χ2v) is 4.73. The molecule has 3 heteroatoms. The van der Waals surface area contributed by atoms with Crippen molar-refractivity contribution in [1.82, 2.24) is 0 Å². The van der Waals surface area contributed by atoms with E-state index in [1.54, 1.807) is 7.11 Å². The maximum atomic E-state index is 5.63. The standard InChI is InChI=1S/C10H22O2Si/c1-4-6-10(5-2)9-12-13-8-7-11-3/h5,10H,2,4,6-9,13H2,1,3H3. The fraction of sp³-hybridized carbons (Fsp3) is 0.800. The van der Waals surface area contributed by atoms with E-state index in [-0.39, 0.29) is 9.76 Å². The summed E-state index contributed by atoms with van der Waals surface area (Å²) < 4.78 is 10.6. The average molecular weight is 202 g/mol. The van der Waals surface area contributed by atoms with Gasteiger partial charge in [-0.05, 0) is 18.4 Å². The highest BCUT2D eigenvalue weighted by Gasteiger charge is 2.01. The van der Waals surface area contributed by atoms with E-state index in [9.17, 15) is 0 Å². The Balaban J connectivity index is 3.22. The lowest BCUT2D eigenvalue weighted by Crippen LogP contribution is -2.10. The van der Waals surface area contributed by atoms with Crippen LogP contribution in [-0.4, -0.2) is 30.1 Å². The van der Waals surface area contributed by atoms with Gasteiger partial charge in [0.25, 0.3) is 0 Å². The summed E-state index contributed by atoms with van der Waals surface area (Å²) in [5.74, 6) is 0.556. The summed E-state index contributed by atoms with van der Waals surface area (Å²) in [6.45, 7) is 7.71. The number of ether oxygens (including phenoxy) is 1. The Morgan fingerprint density at radius 3 is 2.85 bits per heavy atom. The zero-order valence-electron chi connectivity index (χ0n) is 8.92. The molecule has 0 amide bonds. The molecule has 0 aliphatic carbocycles. The average Bonchev–Trinajstić information content (AvgIpc) is 2.16. The Morgan fingerprint density at radius 2 is 2.31 bits per heavy atom. The smallest absolute Gasteiger partial charge is 0.163 e. The van der Waals surface area contributed by atoms with E-state index in [1.165, 1.54) is 12.8 Å². The topological polar surface area (TPSA) is 18.5 Å². The monoisotopic (exact) mass is 202 g/mol. The SMILES string of the molecule is C=CC(CCC)CO[SiH2]CCOC. The van der Waals surface area contributed by atoms with Gasteiger partial charge in [-0.15, -0.1) is 6.58 Å². The molecule has 0 radical (unpaired) electrons. The molecule has 1 unspecified atom stereocenters. The van der Waals surface area contributed by atoms with Gasteiger partial charge >= 0.3 is 0 Å². The lowest BCUT2D eigenvalue weighted by molar-refractivity contribution is 0.208. The minimum absolute atomic E-state index is 0.342. The van der Waals surface area contributed by atoms with E-state index >= 15 is 0 Å². The van der Waals surface area contributed by atoms with Crippen LogP contribution in [0.3, 0.4) is 0 Å². The zero-order valence-corrected chi connectivity index (χ0v) is 10.3. The molecule has 0 heterocycles. The van der Waals surface area contributed by atoms with Gasteiger partial charge in [0.2, 0.25) is 0 Å². The predicted octanol–water partition coefficient (Wildman–Crippen LogP) is 1.75. The molecule has 1 atom stereocenters. The van der Waals surface area contributed by atoms with Crippen LogP contribution >= 0.6 is 0 Å². The first kappa shape index (κ1) is 12.9. The second-order valence-electron chi connectivity index (χ2n) is 3.21. The summed E-state index contributed by atoms with van der Waals surface area (Å²) in [4.78, 5) is 0. The molecule has 0 aromatic carbocycles. The lowest BCUT2D eigenvalue weighted by Gasteiger charge is -2.11. The molecule has 78 valence electrons. The first-order valence-corrected chi connectivity index (χ1v) is 6.62. The van der Waals surface area contributed by atoms with Crippen LogP contribution in [-0.2, 0) is 9.16 Å². The largest absolute Gasteiger partial charge is 0.423 e. The fourth-order valence-corrected chi connectivity index (χ4v) is 2.26. The molecule has 0 saturated heterocycles. The van der Waals surface area contributed by atoms with Crippen LogP contribution in [0.2, 0.25) is 6.04 Å². The molecule has 0 saturated carbocycles. The van der Waals surface area contributed by atoms with E-state index in [1.807, 2.05) is 6.08 Å². The minimum atomic E-state index is -0.342. The van der Waals surface area contributed by atoms with Gasteiger partial charge in [0.05, 0.1) is 0 Å². The number of hydrogen-bond acceptors (Lipinski definition) is 2. The highest BCUT2D eigenvalue weighted by Crippen LogP contribution is 2.07. The minimum Gasteiger partial charge on any atom is -0.423 e. The summed E-state index contributed by atoms with van der Waals surface area (Å²) in [6, 6.07) is 1.12. The Kier molecular flexibility index (Phi) is 9.87. The van der Waals surface area contributed by atoms with Crippen molar-refractivity contribution in [2.45, 2.75) is 25.8 Å². The summed E-state index contributed by atoms with van der Waals surface area (Å²) in [5.41, 5.74) is 0. The van der Waals surface area contributed by atoms with Crippen LogP contribution in [0.5, 0.6) is 0 Å². The molecular formula is C10H22O2Si. The molecule has 0 rings (SSSR count). The van der Waals surface area contributed by atoms with Crippen molar-refractivity contribution in [3.05, 3.63) is 12.7 Å². The highest BCUT2D eigenvalue weighted by molar-refractivity contribution is 6.27. The molecule has 0 aromatic rings. The lowest BCUT2D eigenvalue weighted by atomic mass is 10.1. The van der Waals surface area contributed by atoms with Gasteiger partial charge in [0, 0.05) is 20.3 Å². The van der Waals surface area contributed by atoms with Crippen LogP contribution in [0.4, 0.5) is 0 Å². The van der Waals surface area contributed by atoms with Gasteiger partial charge in [-0.1, -0.05) is 19.4 Å². The van der Waals surface area contributed by atoms with Gasteiger partial charge in [0.15, 0.2) is 9.76 Å². The fourth-order valence-electron chi connectivity index (χ4n) is 1.18. The molecule has 0 aliphatic heterocycles.